The number of anilines is 2. The smallest absolute Gasteiger partial charge is 0.340 e. The van der Waals surface area contributed by atoms with Crippen molar-refractivity contribution in [3.8, 4) is 0 Å². The van der Waals surface area contributed by atoms with Gasteiger partial charge in [-0.2, -0.15) is 13.2 Å². The number of nitro groups is 1. The van der Waals surface area contributed by atoms with E-state index in [0.29, 0.717) is 11.5 Å². The fourth-order valence-corrected chi connectivity index (χ4v) is 1.71. The second kappa shape index (κ2) is 5.78. The fraction of sp³-hybridized carbons (Fsp3) is 0.154. The van der Waals surface area contributed by atoms with Gasteiger partial charge >= 0.3 is 6.18 Å². The molecule has 0 amide bonds. The third kappa shape index (κ3) is 4.44. The van der Waals surface area contributed by atoms with Crippen molar-refractivity contribution in [3.63, 3.8) is 0 Å². The maximum atomic E-state index is 12.3. The fourth-order valence-electron chi connectivity index (χ4n) is 1.71. The molecule has 0 aliphatic rings. The van der Waals surface area contributed by atoms with Gasteiger partial charge in [0.05, 0.1) is 11.3 Å². The Morgan fingerprint density at radius 1 is 1.24 bits per heavy atom. The van der Waals surface area contributed by atoms with E-state index in [1.807, 2.05) is 0 Å². The molecule has 1 N–H and O–H groups in total. The van der Waals surface area contributed by atoms with Crippen LogP contribution < -0.4 is 5.32 Å². The number of hydrogen-bond acceptors (Lipinski definition) is 4. The quantitative estimate of drug-likeness (QED) is 0.687. The van der Waals surface area contributed by atoms with Crippen molar-refractivity contribution < 1.29 is 18.1 Å². The summed E-state index contributed by atoms with van der Waals surface area (Å²) in [5.41, 5.74) is 0.388. The molecule has 2 rings (SSSR count). The minimum atomic E-state index is -4.27. The average Bonchev–Trinajstić information content (AvgIpc) is 2.37. The Balaban J connectivity index is 2.12. The Bertz CT molecular complexity index is 642. The number of aromatic nitrogens is 1. The second-order valence-corrected chi connectivity index (χ2v) is 4.28. The predicted molar refractivity (Wildman–Crippen MR) is 70.4 cm³/mol. The van der Waals surface area contributed by atoms with Crippen LogP contribution in [0.15, 0.2) is 42.6 Å². The zero-order valence-electron chi connectivity index (χ0n) is 10.6. The van der Waals surface area contributed by atoms with Crippen LogP contribution in [0, 0.1) is 10.1 Å². The van der Waals surface area contributed by atoms with E-state index < -0.39 is 17.5 Å². The lowest BCUT2D eigenvalue weighted by molar-refractivity contribution is -0.385. The summed E-state index contributed by atoms with van der Waals surface area (Å²) in [6.07, 6.45) is -4.22. The Labute approximate surface area is 117 Å². The lowest BCUT2D eigenvalue weighted by atomic mass is 10.1. The third-order valence-corrected chi connectivity index (χ3v) is 2.56. The van der Waals surface area contributed by atoms with E-state index in [1.54, 1.807) is 6.07 Å². The van der Waals surface area contributed by atoms with Gasteiger partial charge in [-0.3, -0.25) is 10.1 Å². The van der Waals surface area contributed by atoms with Crippen LogP contribution in [0.2, 0.25) is 0 Å². The van der Waals surface area contributed by atoms with E-state index in [1.165, 1.54) is 30.3 Å². The van der Waals surface area contributed by atoms with Crippen molar-refractivity contribution in [2.45, 2.75) is 12.6 Å². The van der Waals surface area contributed by atoms with Crippen LogP contribution in [0.25, 0.3) is 0 Å². The highest BCUT2D eigenvalue weighted by atomic mass is 19.4. The van der Waals surface area contributed by atoms with Crippen molar-refractivity contribution in [1.29, 1.82) is 0 Å². The third-order valence-electron chi connectivity index (χ3n) is 2.56. The summed E-state index contributed by atoms with van der Waals surface area (Å²) in [7, 11) is 0. The van der Waals surface area contributed by atoms with E-state index >= 15 is 0 Å². The van der Waals surface area contributed by atoms with Gasteiger partial charge in [0.15, 0.2) is 0 Å². The summed E-state index contributed by atoms with van der Waals surface area (Å²) in [5, 5.41) is 13.3. The van der Waals surface area contributed by atoms with E-state index in [0.717, 1.165) is 6.20 Å². The zero-order valence-corrected chi connectivity index (χ0v) is 10.6. The molecular formula is C13H10F3N3O2. The summed E-state index contributed by atoms with van der Waals surface area (Å²) >= 11 is 0. The van der Waals surface area contributed by atoms with Crippen molar-refractivity contribution in [3.05, 3.63) is 58.3 Å². The van der Waals surface area contributed by atoms with Crippen LogP contribution in [0.5, 0.6) is 0 Å². The number of pyridine rings is 1. The summed E-state index contributed by atoms with van der Waals surface area (Å²) in [5.74, 6) is 0.310. The molecule has 0 spiro atoms. The van der Waals surface area contributed by atoms with Crippen LogP contribution >= 0.6 is 0 Å². The molecule has 0 saturated heterocycles. The van der Waals surface area contributed by atoms with Crippen molar-refractivity contribution >= 4 is 17.2 Å². The Morgan fingerprint density at radius 2 is 2.00 bits per heavy atom. The first kappa shape index (κ1) is 14.8. The van der Waals surface area contributed by atoms with E-state index in [4.69, 9.17) is 0 Å². The lowest BCUT2D eigenvalue weighted by Crippen LogP contribution is -2.11. The number of benzene rings is 1. The number of rotatable bonds is 4. The first-order valence-corrected chi connectivity index (χ1v) is 5.87. The maximum Gasteiger partial charge on any atom is 0.393 e. The lowest BCUT2D eigenvalue weighted by Gasteiger charge is -2.09. The Hall–Kier alpha value is -2.64. The normalized spacial score (nSPS) is 11.2. The molecule has 0 aliphatic heterocycles. The Kier molecular flexibility index (Phi) is 4.06. The molecule has 0 radical (unpaired) electrons. The van der Waals surface area contributed by atoms with Gasteiger partial charge in [0.1, 0.15) is 12.0 Å². The molecule has 2 aromatic rings. The molecule has 1 aromatic carbocycles. The Morgan fingerprint density at radius 3 is 2.57 bits per heavy atom. The number of nitrogens with one attached hydrogen (secondary N) is 1. The van der Waals surface area contributed by atoms with Crippen LogP contribution in [0.1, 0.15) is 5.56 Å². The predicted octanol–water partition coefficient (Wildman–Crippen LogP) is 3.84. The monoisotopic (exact) mass is 297 g/mol. The number of alkyl halides is 3. The minimum absolute atomic E-state index is 0.120. The highest BCUT2D eigenvalue weighted by Gasteiger charge is 2.27. The highest BCUT2D eigenvalue weighted by Crippen LogP contribution is 2.24. The molecule has 21 heavy (non-hydrogen) atoms. The van der Waals surface area contributed by atoms with Gasteiger partial charge in [-0.15, -0.1) is 0 Å². The molecule has 0 aliphatic carbocycles. The van der Waals surface area contributed by atoms with E-state index in [9.17, 15) is 23.3 Å². The number of halogens is 3. The molecule has 5 nitrogen and oxygen atoms in total. The van der Waals surface area contributed by atoms with Crippen LogP contribution in [-0.2, 0) is 6.42 Å². The van der Waals surface area contributed by atoms with Gasteiger partial charge < -0.3 is 5.32 Å². The first-order valence-electron chi connectivity index (χ1n) is 5.87. The summed E-state index contributed by atoms with van der Waals surface area (Å²) in [6.45, 7) is 0. The second-order valence-electron chi connectivity index (χ2n) is 4.28. The largest absolute Gasteiger partial charge is 0.393 e. The molecule has 110 valence electrons. The SMILES string of the molecule is O=[N+]([O-])c1ccc(Nc2cccc(CC(F)(F)F)c2)nc1. The van der Waals surface area contributed by atoms with Gasteiger partial charge in [-0.1, -0.05) is 12.1 Å². The van der Waals surface area contributed by atoms with Crippen molar-refractivity contribution in [1.82, 2.24) is 4.98 Å². The molecule has 8 heteroatoms. The van der Waals surface area contributed by atoms with Crippen LogP contribution in [-0.4, -0.2) is 16.1 Å². The number of hydrogen-bond donors (Lipinski definition) is 1. The molecule has 1 aromatic heterocycles. The van der Waals surface area contributed by atoms with Gasteiger partial charge in [-0.25, -0.2) is 4.98 Å². The minimum Gasteiger partial charge on any atom is -0.340 e. The van der Waals surface area contributed by atoms with Crippen molar-refractivity contribution in [2.75, 3.05) is 5.32 Å². The molecule has 0 saturated carbocycles. The molecule has 0 bridgehead atoms. The van der Waals surface area contributed by atoms with Crippen LogP contribution in [0.3, 0.4) is 0 Å². The zero-order chi connectivity index (χ0) is 15.5. The number of nitrogens with zero attached hydrogens (tertiary/aromatic N) is 2. The topological polar surface area (TPSA) is 68.1 Å². The molecular weight excluding hydrogens is 287 g/mol. The first-order chi connectivity index (χ1) is 9.83. The molecule has 0 fully saturated rings. The van der Waals surface area contributed by atoms with E-state index in [2.05, 4.69) is 10.3 Å². The van der Waals surface area contributed by atoms with Gasteiger partial charge in [0.2, 0.25) is 0 Å². The molecule has 0 atom stereocenters. The summed E-state index contributed by atoms with van der Waals surface area (Å²) < 4.78 is 37.0. The van der Waals surface area contributed by atoms with Gasteiger partial charge in [0, 0.05) is 11.8 Å². The summed E-state index contributed by atoms with van der Waals surface area (Å²) in [4.78, 5) is 13.7. The van der Waals surface area contributed by atoms with E-state index in [-0.39, 0.29) is 11.3 Å². The van der Waals surface area contributed by atoms with Gasteiger partial charge in [0.25, 0.3) is 5.69 Å². The van der Waals surface area contributed by atoms with Crippen LogP contribution in [0.4, 0.5) is 30.4 Å². The maximum absolute atomic E-state index is 12.3. The highest BCUT2D eigenvalue weighted by molar-refractivity contribution is 5.57. The van der Waals surface area contributed by atoms with Crippen molar-refractivity contribution in [2.24, 2.45) is 0 Å². The summed E-state index contributed by atoms with van der Waals surface area (Å²) in [6, 6.07) is 8.46. The average molecular weight is 297 g/mol. The molecule has 0 unspecified atom stereocenters. The standard InChI is InChI=1S/C13H10F3N3O2/c14-13(15,16)7-9-2-1-3-10(6-9)18-12-5-4-11(8-17-12)19(20)21/h1-6,8H,7H2,(H,17,18). The van der Waals surface area contributed by atoms with Gasteiger partial charge in [-0.05, 0) is 23.8 Å². The molecule has 1 heterocycles.